The Kier molecular flexibility index (Phi) is 3.15. The lowest BCUT2D eigenvalue weighted by Gasteiger charge is -1.96. The summed E-state index contributed by atoms with van der Waals surface area (Å²) < 4.78 is 9.54. The van der Waals surface area contributed by atoms with Gasteiger partial charge in [-0.1, -0.05) is 23.4 Å². The highest BCUT2D eigenvalue weighted by Gasteiger charge is 2.16. The fraction of sp³-hybridized carbons (Fsp3) is 0.0909. The van der Waals surface area contributed by atoms with Crippen molar-refractivity contribution in [2.24, 2.45) is 0 Å². The van der Waals surface area contributed by atoms with Gasteiger partial charge in [-0.3, -0.25) is 0 Å². The van der Waals surface area contributed by atoms with Gasteiger partial charge in [-0.05, 0) is 22.4 Å². The molecule has 2 heterocycles. The largest absolute Gasteiger partial charge is 0.379 e. The molecule has 7 nitrogen and oxygen atoms in total. The summed E-state index contributed by atoms with van der Waals surface area (Å²) >= 11 is 1.61. The number of nitrogens with zero attached hydrogens (tertiary/aromatic N) is 4. The zero-order valence-electron chi connectivity index (χ0n) is 9.68. The summed E-state index contributed by atoms with van der Waals surface area (Å²) in [5, 5.41) is 10.9. The van der Waals surface area contributed by atoms with Gasteiger partial charge in [-0.2, -0.15) is 4.98 Å². The van der Waals surface area contributed by atoms with Crippen molar-refractivity contribution < 1.29 is 9.15 Å². The van der Waals surface area contributed by atoms with Crippen LogP contribution in [0, 0.1) is 0 Å². The second-order valence-electron chi connectivity index (χ2n) is 3.62. The van der Waals surface area contributed by atoms with Crippen LogP contribution in [0.25, 0.3) is 11.6 Å². The van der Waals surface area contributed by atoms with Gasteiger partial charge in [0.15, 0.2) is 5.82 Å². The van der Waals surface area contributed by atoms with Crippen molar-refractivity contribution in [1.82, 2.24) is 20.5 Å². The monoisotopic (exact) mass is 275 g/mol. The number of thioether (sulfide) groups is 1. The minimum absolute atomic E-state index is 0.130. The number of nitrogens with two attached hydrogens (primary N) is 1. The van der Waals surface area contributed by atoms with E-state index in [2.05, 4.69) is 25.1 Å². The predicted octanol–water partition coefficient (Wildman–Crippen LogP) is 1.99. The van der Waals surface area contributed by atoms with Gasteiger partial charge in [-0.25, -0.2) is 4.63 Å². The molecule has 2 N–H and O–H groups in total. The lowest BCUT2D eigenvalue weighted by molar-refractivity contribution is 0.308. The van der Waals surface area contributed by atoms with E-state index < -0.39 is 0 Å². The van der Waals surface area contributed by atoms with Gasteiger partial charge in [0.25, 0.3) is 5.89 Å². The van der Waals surface area contributed by atoms with E-state index in [-0.39, 0.29) is 17.4 Å². The van der Waals surface area contributed by atoms with Crippen molar-refractivity contribution in [2.45, 2.75) is 10.6 Å². The van der Waals surface area contributed by atoms with Crippen molar-refractivity contribution in [2.75, 3.05) is 5.73 Å². The first-order chi connectivity index (χ1) is 9.33. The highest BCUT2D eigenvalue weighted by Crippen LogP contribution is 2.24. The molecular weight excluding hydrogens is 266 g/mol. The summed E-state index contributed by atoms with van der Waals surface area (Å²) in [6.07, 6.45) is 0. The summed E-state index contributed by atoms with van der Waals surface area (Å²) in [7, 11) is 0. The Balaban J connectivity index is 1.71. The van der Waals surface area contributed by atoms with Crippen LogP contribution < -0.4 is 5.73 Å². The first kappa shape index (κ1) is 11.7. The van der Waals surface area contributed by atoms with Gasteiger partial charge in [0.1, 0.15) is 0 Å². The highest BCUT2D eigenvalue weighted by molar-refractivity contribution is 7.98. The third-order valence-electron chi connectivity index (χ3n) is 2.30. The zero-order chi connectivity index (χ0) is 13.1. The first-order valence-electron chi connectivity index (χ1n) is 5.42. The second kappa shape index (κ2) is 5.11. The minimum atomic E-state index is 0.130. The number of benzene rings is 1. The van der Waals surface area contributed by atoms with E-state index in [4.69, 9.17) is 10.3 Å². The molecule has 3 aromatic rings. The predicted molar refractivity (Wildman–Crippen MR) is 68.0 cm³/mol. The molecule has 0 fully saturated rings. The van der Waals surface area contributed by atoms with Crippen LogP contribution in [-0.4, -0.2) is 20.5 Å². The van der Waals surface area contributed by atoms with E-state index in [1.807, 2.05) is 30.3 Å². The van der Waals surface area contributed by atoms with Crippen LogP contribution in [0.2, 0.25) is 0 Å². The fourth-order valence-electron chi connectivity index (χ4n) is 1.42. The van der Waals surface area contributed by atoms with E-state index in [9.17, 15) is 0 Å². The molecule has 0 aliphatic rings. The summed E-state index contributed by atoms with van der Waals surface area (Å²) in [5.41, 5.74) is 5.81. The number of nitrogen functional groups attached to an aromatic ring is 1. The Bertz CT molecular complexity index is 667. The molecule has 8 heteroatoms. The van der Waals surface area contributed by atoms with Crippen LogP contribution in [0.5, 0.6) is 0 Å². The first-order valence-corrected chi connectivity index (χ1v) is 6.40. The van der Waals surface area contributed by atoms with E-state index in [1.165, 1.54) is 0 Å². The molecule has 0 aliphatic heterocycles. The second-order valence-corrected chi connectivity index (χ2v) is 4.66. The minimum Gasteiger partial charge on any atom is -0.379 e. The lowest BCUT2D eigenvalue weighted by atomic mass is 10.4. The van der Waals surface area contributed by atoms with Crippen LogP contribution in [-0.2, 0) is 5.75 Å². The molecule has 0 radical (unpaired) electrons. The van der Waals surface area contributed by atoms with Crippen molar-refractivity contribution in [3.63, 3.8) is 0 Å². The van der Waals surface area contributed by atoms with Crippen LogP contribution in [0.4, 0.5) is 5.82 Å². The quantitative estimate of drug-likeness (QED) is 0.721. The molecule has 3 rings (SSSR count). The third-order valence-corrected chi connectivity index (χ3v) is 3.30. The van der Waals surface area contributed by atoms with Gasteiger partial charge < -0.3 is 10.3 Å². The molecule has 2 aromatic heterocycles. The maximum Gasteiger partial charge on any atom is 0.284 e. The molecule has 0 aliphatic carbocycles. The standard InChI is InChI=1S/C11H9N5O2S/c12-10-9(15-18-16-10)11-13-8(14-17-11)6-19-7-4-2-1-3-5-7/h1-5H,6H2,(H2,12,16). The molecule has 1 aromatic carbocycles. The van der Waals surface area contributed by atoms with Gasteiger partial charge in [-0.15, -0.1) is 11.8 Å². The van der Waals surface area contributed by atoms with Gasteiger partial charge in [0.2, 0.25) is 11.5 Å². The number of anilines is 1. The summed E-state index contributed by atoms with van der Waals surface area (Å²) in [6.45, 7) is 0. The summed E-state index contributed by atoms with van der Waals surface area (Å²) in [4.78, 5) is 5.32. The maximum absolute atomic E-state index is 5.55. The number of hydrogen-bond acceptors (Lipinski definition) is 8. The smallest absolute Gasteiger partial charge is 0.284 e. The Hall–Kier alpha value is -2.35. The van der Waals surface area contributed by atoms with Gasteiger partial charge in [0.05, 0.1) is 5.75 Å². The molecule has 96 valence electrons. The average Bonchev–Trinajstić information content (AvgIpc) is 3.06. The van der Waals surface area contributed by atoms with Crippen LogP contribution >= 0.6 is 11.8 Å². The van der Waals surface area contributed by atoms with Crippen LogP contribution in [0.1, 0.15) is 5.82 Å². The Morgan fingerprint density at radius 3 is 2.68 bits per heavy atom. The SMILES string of the molecule is Nc1nonc1-c1nc(CSc2ccccc2)no1. The number of aromatic nitrogens is 4. The third kappa shape index (κ3) is 2.58. The van der Waals surface area contributed by atoms with Crippen molar-refractivity contribution in [3.05, 3.63) is 36.2 Å². The van der Waals surface area contributed by atoms with Crippen molar-refractivity contribution >= 4 is 17.6 Å². The highest BCUT2D eigenvalue weighted by atomic mass is 32.2. The van der Waals surface area contributed by atoms with Crippen LogP contribution in [0.15, 0.2) is 44.4 Å². The molecule has 0 spiro atoms. The van der Waals surface area contributed by atoms with E-state index in [0.717, 1.165) is 4.90 Å². The molecule has 0 bridgehead atoms. The number of hydrogen-bond donors (Lipinski definition) is 1. The van der Waals surface area contributed by atoms with E-state index in [1.54, 1.807) is 11.8 Å². The molecule has 19 heavy (non-hydrogen) atoms. The van der Waals surface area contributed by atoms with Gasteiger partial charge in [0, 0.05) is 4.90 Å². The Morgan fingerprint density at radius 1 is 1.11 bits per heavy atom. The molecule has 0 saturated carbocycles. The van der Waals surface area contributed by atoms with Crippen molar-refractivity contribution in [3.8, 4) is 11.6 Å². The average molecular weight is 275 g/mol. The Morgan fingerprint density at radius 2 is 1.95 bits per heavy atom. The summed E-state index contributed by atoms with van der Waals surface area (Å²) in [5.74, 6) is 1.50. The molecule has 0 unspecified atom stereocenters. The van der Waals surface area contributed by atoms with E-state index in [0.29, 0.717) is 11.6 Å². The molecular formula is C11H9N5O2S. The van der Waals surface area contributed by atoms with Crippen LogP contribution in [0.3, 0.4) is 0 Å². The lowest BCUT2D eigenvalue weighted by Crippen LogP contribution is -1.89. The molecule has 0 amide bonds. The summed E-state index contributed by atoms with van der Waals surface area (Å²) in [6, 6.07) is 9.96. The zero-order valence-corrected chi connectivity index (χ0v) is 10.5. The molecule has 0 saturated heterocycles. The fourth-order valence-corrected chi connectivity index (χ4v) is 2.18. The molecule has 0 atom stereocenters. The van der Waals surface area contributed by atoms with Crippen molar-refractivity contribution in [1.29, 1.82) is 0 Å². The van der Waals surface area contributed by atoms with E-state index >= 15 is 0 Å². The van der Waals surface area contributed by atoms with Gasteiger partial charge >= 0.3 is 0 Å². The normalized spacial score (nSPS) is 10.7. The topological polar surface area (TPSA) is 104 Å². The maximum atomic E-state index is 5.55. The number of rotatable bonds is 4. The Labute approximate surface area is 112 Å².